The summed E-state index contributed by atoms with van der Waals surface area (Å²) in [6, 6.07) is 1.24. The number of hydrogen-bond donors (Lipinski definition) is 2. The standard InChI is InChI=1S/C16H21FN6O/c1-3-4-5-11(7-19-10(2)24)8-21-15-14-13(22-16(18)23-15)6-12(17)9-20-14/h6,8-9,11H,3-5,7H2,1-2H3,(H,19,24)(H2,18,22,23)/b21-8+. The number of carbonyl (C=O) groups excluding carboxylic acids is 1. The van der Waals surface area contributed by atoms with Crippen LogP contribution in [-0.2, 0) is 4.79 Å². The van der Waals surface area contributed by atoms with Gasteiger partial charge in [-0.2, -0.15) is 4.98 Å². The number of amides is 1. The number of nitrogen functional groups attached to an aromatic ring is 1. The van der Waals surface area contributed by atoms with Crippen LogP contribution in [0.4, 0.5) is 16.2 Å². The number of unbranched alkanes of at least 4 members (excludes halogenated alkanes) is 1. The maximum Gasteiger partial charge on any atom is 0.222 e. The number of halogens is 1. The molecule has 1 unspecified atom stereocenters. The highest BCUT2D eigenvalue weighted by Crippen LogP contribution is 2.22. The molecule has 0 saturated carbocycles. The minimum Gasteiger partial charge on any atom is -0.368 e. The summed E-state index contributed by atoms with van der Waals surface area (Å²) < 4.78 is 13.3. The number of fused-ring (bicyclic) bond motifs is 1. The van der Waals surface area contributed by atoms with Gasteiger partial charge >= 0.3 is 0 Å². The Morgan fingerprint density at radius 1 is 1.50 bits per heavy atom. The molecule has 0 saturated heterocycles. The minimum absolute atomic E-state index is 0.00835. The van der Waals surface area contributed by atoms with Crippen molar-refractivity contribution in [3.05, 3.63) is 18.1 Å². The van der Waals surface area contributed by atoms with Gasteiger partial charge in [0.1, 0.15) is 11.3 Å². The van der Waals surface area contributed by atoms with Crippen LogP contribution in [-0.4, -0.2) is 33.6 Å². The molecule has 2 heterocycles. The second-order valence-corrected chi connectivity index (χ2v) is 5.54. The molecule has 0 spiro atoms. The summed E-state index contributed by atoms with van der Waals surface area (Å²) in [7, 11) is 0. The molecule has 2 aromatic rings. The Morgan fingerprint density at radius 2 is 2.29 bits per heavy atom. The molecule has 2 rings (SSSR count). The summed E-state index contributed by atoms with van der Waals surface area (Å²) in [4.78, 5) is 27.5. The first-order chi connectivity index (χ1) is 11.5. The number of rotatable bonds is 7. The third-order valence-corrected chi connectivity index (χ3v) is 3.45. The van der Waals surface area contributed by atoms with Crippen LogP contribution in [0.5, 0.6) is 0 Å². The molecule has 24 heavy (non-hydrogen) atoms. The van der Waals surface area contributed by atoms with Crippen LogP contribution in [0.1, 0.15) is 33.1 Å². The third-order valence-electron chi connectivity index (χ3n) is 3.45. The average Bonchev–Trinajstić information content (AvgIpc) is 2.53. The number of aromatic nitrogens is 3. The Kier molecular flexibility index (Phi) is 6.11. The number of nitrogens with two attached hydrogens (primary N) is 1. The van der Waals surface area contributed by atoms with Crippen molar-refractivity contribution in [1.29, 1.82) is 0 Å². The zero-order valence-electron chi connectivity index (χ0n) is 13.8. The molecule has 0 aliphatic rings. The van der Waals surface area contributed by atoms with Gasteiger partial charge in [0.05, 0.1) is 11.7 Å². The Balaban J connectivity index is 2.27. The highest BCUT2D eigenvalue weighted by molar-refractivity contribution is 5.86. The summed E-state index contributed by atoms with van der Waals surface area (Å²) in [5, 5.41) is 2.79. The second kappa shape index (κ2) is 8.28. The van der Waals surface area contributed by atoms with Gasteiger partial charge in [0, 0.05) is 31.7 Å². The molecule has 3 N–H and O–H groups in total. The van der Waals surface area contributed by atoms with Gasteiger partial charge in [0.15, 0.2) is 5.82 Å². The zero-order chi connectivity index (χ0) is 17.5. The minimum atomic E-state index is -0.498. The highest BCUT2D eigenvalue weighted by atomic mass is 19.1. The predicted molar refractivity (Wildman–Crippen MR) is 91.6 cm³/mol. The largest absolute Gasteiger partial charge is 0.368 e. The smallest absolute Gasteiger partial charge is 0.222 e. The van der Waals surface area contributed by atoms with E-state index in [0.29, 0.717) is 23.4 Å². The van der Waals surface area contributed by atoms with Crippen LogP contribution in [0.25, 0.3) is 11.0 Å². The second-order valence-electron chi connectivity index (χ2n) is 5.54. The molecular formula is C16H21FN6O. The summed E-state index contributed by atoms with van der Waals surface area (Å²) in [6.45, 7) is 4.08. The van der Waals surface area contributed by atoms with E-state index in [-0.39, 0.29) is 17.8 Å². The van der Waals surface area contributed by atoms with Crippen molar-refractivity contribution in [3.63, 3.8) is 0 Å². The molecule has 8 heteroatoms. The lowest BCUT2D eigenvalue weighted by Crippen LogP contribution is -2.27. The van der Waals surface area contributed by atoms with E-state index in [1.807, 2.05) is 0 Å². The maximum absolute atomic E-state index is 13.3. The van der Waals surface area contributed by atoms with Gasteiger partial charge in [-0.05, 0) is 6.42 Å². The van der Waals surface area contributed by atoms with Crippen molar-refractivity contribution < 1.29 is 9.18 Å². The molecule has 2 aromatic heterocycles. The number of carbonyl (C=O) groups is 1. The first kappa shape index (κ1) is 17.7. The van der Waals surface area contributed by atoms with Crippen molar-refractivity contribution in [2.75, 3.05) is 12.3 Å². The van der Waals surface area contributed by atoms with Gasteiger partial charge in [-0.15, -0.1) is 0 Å². The van der Waals surface area contributed by atoms with E-state index in [1.165, 1.54) is 13.0 Å². The van der Waals surface area contributed by atoms with Crippen LogP contribution < -0.4 is 11.1 Å². The molecule has 1 atom stereocenters. The lowest BCUT2D eigenvalue weighted by atomic mass is 10.0. The molecule has 0 aliphatic carbocycles. The van der Waals surface area contributed by atoms with Gasteiger partial charge in [-0.1, -0.05) is 19.8 Å². The number of nitrogens with zero attached hydrogens (tertiary/aromatic N) is 4. The number of aliphatic imine (C=N–C) groups is 1. The van der Waals surface area contributed by atoms with Crippen LogP contribution in [0.15, 0.2) is 17.3 Å². The summed E-state index contributed by atoms with van der Waals surface area (Å²) in [5.74, 6) is -0.211. The summed E-state index contributed by atoms with van der Waals surface area (Å²) >= 11 is 0. The predicted octanol–water partition coefficient (Wildman–Crippen LogP) is 2.39. The fourth-order valence-corrected chi connectivity index (χ4v) is 2.23. The van der Waals surface area contributed by atoms with E-state index in [1.54, 1.807) is 6.21 Å². The van der Waals surface area contributed by atoms with E-state index in [4.69, 9.17) is 5.73 Å². The van der Waals surface area contributed by atoms with Crippen molar-refractivity contribution in [1.82, 2.24) is 20.3 Å². The van der Waals surface area contributed by atoms with Crippen molar-refractivity contribution >= 4 is 34.9 Å². The maximum atomic E-state index is 13.3. The molecule has 0 radical (unpaired) electrons. The fourth-order valence-electron chi connectivity index (χ4n) is 2.23. The Hall–Kier alpha value is -2.64. The van der Waals surface area contributed by atoms with E-state index < -0.39 is 5.82 Å². The quantitative estimate of drug-likeness (QED) is 0.757. The topological polar surface area (TPSA) is 106 Å². The molecule has 0 aromatic carbocycles. The van der Waals surface area contributed by atoms with Gasteiger partial charge < -0.3 is 11.1 Å². The highest BCUT2D eigenvalue weighted by Gasteiger charge is 2.10. The molecule has 128 valence electrons. The van der Waals surface area contributed by atoms with Gasteiger partial charge in [0.2, 0.25) is 11.9 Å². The van der Waals surface area contributed by atoms with E-state index >= 15 is 0 Å². The molecular weight excluding hydrogens is 311 g/mol. The van der Waals surface area contributed by atoms with Crippen molar-refractivity contribution in [3.8, 4) is 0 Å². The Morgan fingerprint density at radius 3 is 3.00 bits per heavy atom. The number of pyridine rings is 1. The van der Waals surface area contributed by atoms with E-state index in [9.17, 15) is 9.18 Å². The molecule has 0 fully saturated rings. The number of nitrogens with one attached hydrogen (secondary N) is 1. The third kappa shape index (κ3) is 4.94. The van der Waals surface area contributed by atoms with Gasteiger partial charge in [-0.3, -0.25) is 4.79 Å². The molecule has 0 bridgehead atoms. The van der Waals surface area contributed by atoms with Crippen molar-refractivity contribution in [2.24, 2.45) is 10.9 Å². The van der Waals surface area contributed by atoms with Gasteiger partial charge in [0.25, 0.3) is 0 Å². The normalized spacial score (nSPS) is 12.6. The SMILES string of the molecule is CCCCC(/C=N/c1nc(N)nc2cc(F)cnc12)CNC(C)=O. The van der Waals surface area contributed by atoms with Crippen molar-refractivity contribution in [2.45, 2.75) is 33.1 Å². The van der Waals surface area contributed by atoms with Gasteiger partial charge in [-0.25, -0.2) is 19.4 Å². The molecule has 7 nitrogen and oxygen atoms in total. The van der Waals surface area contributed by atoms with E-state index in [0.717, 1.165) is 25.5 Å². The zero-order valence-corrected chi connectivity index (χ0v) is 13.8. The molecule has 0 aliphatic heterocycles. The van der Waals surface area contributed by atoms with Crippen LogP contribution >= 0.6 is 0 Å². The van der Waals surface area contributed by atoms with Crippen LogP contribution in [0.2, 0.25) is 0 Å². The first-order valence-electron chi connectivity index (χ1n) is 7.87. The monoisotopic (exact) mass is 332 g/mol. The average molecular weight is 332 g/mol. The molecule has 1 amide bonds. The number of hydrogen-bond acceptors (Lipinski definition) is 6. The lowest BCUT2D eigenvalue weighted by molar-refractivity contribution is -0.119. The van der Waals surface area contributed by atoms with E-state index in [2.05, 4.69) is 32.2 Å². The van der Waals surface area contributed by atoms with Crippen LogP contribution in [0.3, 0.4) is 0 Å². The summed E-state index contributed by atoms with van der Waals surface area (Å²) in [5.41, 5.74) is 6.35. The fraction of sp³-hybridized carbons (Fsp3) is 0.438. The van der Waals surface area contributed by atoms with Crippen LogP contribution in [0, 0.1) is 11.7 Å². The lowest BCUT2D eigenvalue weighted by Gasteiger charge is -2.12. The Bertz CT molecular complexity index is 743. The number of anilines is 1. The first-order valence-corrected chi connectivity index (χ1v) is 7.87. The summed E-state index contributed by atoms with van der Waals surface area (Å²) in [6.07, 6.45) is 5.78. The Labute approximate surface area is 139 Å².